The molecule has 3 N–H and O–H groups in total. The van der Waals surface area contributed by atoms with Crippen molar-refractivity contribution in [1.82, 2.24) is 15.5 Å². The average Bonchev–Trinajstić information content (AvgIpc) is 3.40. The molecule has 164 valence electrons. The fourth-order valence-electron chi connectivity index (χ4n) is 2.81. The molecule has 1 aromatic carbocycles. The van der Waals surface area contributed by atoms with E-state index in [-0.39, 0.29) is 6.04 Å². The van der Waals surface area contributed by atoms with Crippen molar-refractivity contribution in [1.29, 1.82) is 0 Å². The molecule has 0 saturated heterocycles. The van der Waals surface area contributed by atoms with Crippen molar-refractivity contribution in [3.63, 3.8) is 0 Å². The molecule has 0 aliphatic rings. The fraction of sp³-hybridized carbons (Fsp3) is 0.273. The minimum absolute atomic E-state index is 0.243. The maximum absolute atomic E-state index is 9.55. The number of carboxylic acids is 2. The number of aromatic nitrogens is 2. The van der Waals surface area contributed by atoms with Crippen LogP contribution in [0, 0.1) is 12.8 Å². The largest absolute Gasteiger partial charge is 0.478 e. The van der Waals surface area contributed by atoms with Gasteiger partial charge >= 0.3 is 11.9 Å². The highest BCUT2D eigenvalue weighted by Crippen LogP contribution is 2.25. The van der Waals surface area contributed by atoms with Crippen molar-refractivity contribution in [2.75, 3.05) is 0 Å². The topological polar surface area (TPSA) is 139 Å². The lowest BCUT2D eigenvalue weighted by Crippen LogP contribution is -2.26. The normalized spacial score (nSPS) is 11.9. The van der Waals surface area contributed by atoms with Gasteiger partial charge in [-0.15, -0.1) is 0 Å². The highest BCUT2D eigenvalue weighted by Gasteiger charge is 2.18. The van der Waals surface area contributed by atoms with Gasteiger partial charge in [-0.25, -0.2) is 9.59 Å². The summed E-state index contributed by atoms with van der Waals surface area (Å²) in [4.78, 5) is 23.5. The zero-order valence-electron chi connectivity index (χ0n) is 17.5. The van der Waals surface area contributed by atoms with E-state index < -0.39 is 11.9 Å². The van der Waals surface area contributed by atoms with E-state index in [4.69, 9.17) is 19.2 Å². The van der Waals surface area contributed by atoms with Crippen LogP contribution in [-0.2, 0) is 16.1 Å². The van der Waals surface area contributed by atoms with Crippen LogP contribution in [0.1, 0.15) is 36.8 Å². The quantitative estimate of drug-likeness (QED) is 0.458. The second-order valence-corrected chi connectivity index (χ2v) is 7.00. The summed E-state index contributed by atoms with van der Waals surface area (Å²) in [6.07, 6.45) is 4.30. The highest BCUT2D eigenvalue weighted by atomic mass is 16.5. The Kier molecular flexibility index (Phi) is 8.71. The molecule has 2 aromatic heterocycles. The minimum Gasteiger partial charge on any atom is -0.478 e. The molecule has 0 spiro atoms. The Morgan fingerprint density at radius 1 is 1.13 bits per heavy atom. The molecule has 0 fully saturated rings. The van der Waals surface area contributed by atoms with E-state index >= 15 is 0 Å². The van der Waals surface area contributed by atoms with Crippen LogP contribution in [0.4, 0.5) is 0 Å². The van der Waals surface area contributed by atoms with Crippen molar-refractivity contribution in [3.8, 4) is 11.5 Å². The number of nitrogens with zero attached hydrogens (tertiary/aromatic N) is 2. The van der Waals surface area contributed by atoms with Crippen LogP contribution in [-0.4, -0.2) is 32.3 Å². The summed E-state index contributed by atoms with van der Waals surface area (Å²) >= 11 is 0. The number of aliphatic carboxylic acids is 2. The Morgan fingerprint density at radius 2 is 1.81 bits per heavy atom. The average molecular weight is 427 g/mol. The fourth-order valence-corrected chi connectivity index (χ4v) is 2.81. The van der Waals surface area contributed by atoms with Gasteiger partial charge in [0.1, 0.15) is 6.26 Å². The summed E-state index contributed by atoms with van der Waals surface area (Å²) in [6.45, 7) is 7.10. The second-order valence-electron chi connectivity index (χ2n) is 7.00. The van der Waals surface area contributed by atoms with Gasteiger partial charge in [0.05, 0.1) is 18.4 Å². The summed E-state index contributed by atoms with van der Waals surface area (Å²) in [7, 11) is 0. The van der Waals surface area contributed by atoms with Crippen LogP contribution in [0.25, 0.3) is 11.5 Å². The third-order valence-corrected chi connectivity index (χ3v) is 4.27. The number of carbonyl (C=O) groups is 2. The van der Waals surface area contributed by atoms with Crippen molar-refractivity contribution in [3.05, 3.63) is 72.0 Å². The molecule has 2 heterocycles. The predicted octanol–water partition coefficient (Wildman–Crippen LogP) is 3.84. The first kappa shape index (κ1) is 23.6. The van der Waals surface area contributed by atoms with E-state index in [0.29, 0.717) is 36.3 Å². The van der Waals surface area contributed by atoms with Gasteiger partial charge < -0.3 is 24.5 Å². The van der Waals surface area contributed by atoms with Gasteiger partial charge in [-0.2, -0.15) is 4.98 Å². The van der Waals surface area contributed by atoms with Gasteiger partial charge in [0.2, 0.25) is 0 Å². The van der Waals surface area contributed by atoms with Gasteiger partial charge in [0.15, 0.2) is 5.82 Å². The van der Waals surface area contributed by atoms with Gasteiger partial charge in [-0.3, -0.25) is 0 Å². The van der Waals surface area contributed by atoms with Gasteiger partial charge in [0, 0.05) is 18.2 Å². The molecular weight excluding hydrogens is 402 g/mol. The lowest BCUT2D eigenvalue weighted by Gasteiger charge is -2.24. The summed E-state index contributed by atoms with van der Waals surface area (Å²) in [5.74, 6) is -0.941. The lowest BCUT2D eigenvalue weighted by molar-refractivity contribution is -0.134. The van der Waals surface area contributed by atoms with E-state index in [1.54, 1.807) is 18.6 Å². The van der Waals surface area contributed by atoms with Crippen molar-refractivity contribution in [2.45, 2.75) is 33.4 Å². The summed E-state index contributed by atoms with van der Waals surface area (Å²) in [5.41, 5.74) is 3.38. The minimum atomic E-state index is -1.26. The molecule has 31 heavy (non-hydrogen) atoms. The smallest absolute Gasteiger partial charge is 0.328 e. The first-order valence-electron chi connectivity index (χ1n) is 9.56. The first-order chi connectivity index (χ1) is 14.8. The Hall–Kier alpha value is -3.72. The number of hydrogen-bond donors (Lipinski definition) is 3. The van der Waals surface area contributed by atoms with E-state index in [9.17, 15) is 9.59 Å². The molecule has 0 aliphatic carbocycles. The van der Waals surface area contributed by atoms with Crippen molar-refractivity contribution < 1.29 is 28.7 Å². The van der Waals surface area contributed by atoms with Crippen molar-refractivity contribution >= 4 is 11.9 Å². The molecule has 9 nitrogen and oxygen atoms in total. The number of benzene rings is 1. The van der Waals surface area contributed by atoms with Gasteiger partial charge in [-0.1, -0.05) is 43.3 Å². The molecule has 0 bridgehead atoms. The zero-order valence-corrected chi connectivity index (χ0v) is 17.5. The van der Waals surface area contributed by atoms with E-state index in [2.05, 4.69) is 60.5 Å². The molecular formula is C22H25N3O6. The number of hydrogen-bond acceptors (Lipinski definition) is 7. The molecule has 0 aliphatic heterocycles. The Bertz CT molecular complexity index is 992. The molecule has 1 atom stereocenters. The molecule has 3 rings (SSSR count). The summed E-state index contributed by atoms with van der Waals surface area (Å²) in [5, 5.41) is 23.2. The maximum Gasteiger partial charge on any atom is 0.328 e. The third kappa shape index (κ3) is 7.56. The molecule has 0 saturated carbocycles. The van der Waals surface area contributed by atoms with Gasteiger partial charge in [-0.05, 0) is 30.0 Å². The summed E-state index contributed by atoms with van der Waals surface area (Å²) < 4.78 is 10.3. The number of carboxylic acid groups (broad SMARTS) is 2. The first-order valence-corrected chi connectivity index (χ1v) is 9.56. The zero-order chi connectivity index (χ0) is 22.8. The molecule has 1 unspecified atom stereocenters. The maximum atomic E-state index is 9.55. The van der Waals surface area contributed by atoms with E-state index in [1.807, 2.05) is 0 Å². The lowest BCUT2D eigenvalue weighted by atomic mass is 9.92. The molecule has 0 radical (unpaired) electrons. The Labute approximate surface area is 179 Å². The van der Waals surface area contributed by atoms with Crippen LogP contribution in [0.3, 0.4) is 0 Å². The van der Waals surface area contributed by atoms with Crippen LogP contribution in [0.2, 0.25) is 0 Å². The van der Waals surface area contributed by atoms with Crippen LogP contribution >= 0.6 is 0 Å². The Balaban J connectivity index is 0.000000366. The highest BCUT2D eigenvalue weighted by molar-refractivity contribution is 5.89. The van der Waals surface area contributed by atoms with Crippen LogP contribution < -0.4 is 5.32 Å². The predicted molar refractivity (Wildman–Crippen MR) is 112 cm³/mol. The van der Waals surface area contributed by atoms with E-state index in [1.165, 1.54) is 11.1 Å². The molecule has 0 amide bonds. The van der Waals surface area contributed by atoms with Crippen LogP contribution in [0.5, 0.6) is 0 Å². The van der Waals surface area contributed by atoms with Crippen LogP contribution in [0.15, 0.2) is 64.0 Å². The van der Waals surface area contributed by atoms with E-state index in [0.717, 1.165) is 5.56 Å². The number of aryl methyl sites for hydroxylation is 1. The number of nitrogens with one attached hydrogen (secondary N) is 1. The van der Waals surface area contributed by atoms with Gasteiger partial charge in [0.25, 0.3) is 5.89 Å². The molecule has 3 aromatic rings. The number of rotatable bonds is 8. The SMILES string of the molecule is Cc1ccccc1C(NCc1noc(-c2ccoc2)n1)C(C)C.O=C(O)C=CC(=O)O. The molecule has 9 heteroatoms. The second kappa shape index (κ2) is 11.5. The third-order valence-electron chi connectivity index (χ3n) is 4.27. The summed E-state index contributed by atoms with van der Waals surface area (Å²) in [6, 6.07) is 10.5. The van der Waals surface area contributed by atoms with Crippen molar-refractivity contribution in [2.24, 2.45) is 5.92 Å². The monoisotopic (exact) mass is 427 g/mol. The number of furan rings is 1. The standard InChI is InChI=1S/C18H21N3O2.C4H4O4/c1-12(2)17(15-7-5-4-6-13(15)3)19-10-16-20-18(23-21-16)14-8-9-22-11-14;5-3(6)1-2-4(7)8/h4-9,11-12,17,19H,10H2,1-3H3;1-2H,(H,5,6)(H,7,8). The Morgan fingerprint density at radius 3 is 2.35 bits per heavy atom.